The second-order valence-electron chi connectivity index (χ2n) is 8.27. The number of carbonyl (C=O) groups excluding carboxylic acids is 2. The number of aromatic nitrogens is 2. The highest BCUT2D eigenvalue weighted by atomic mass is 16.2. The van der Waals surface area contributed by atoms with Crippen molar-refractivity contribution in [2.75, 3.05) is 13.1 Å². The number of fused-ring (bicyclic) bond motifs is 1. The highest BCUT2D eigenvalue weighted by Crippen LogP contribution is 2.31. The Bertz CT molecular complexity index is 714. The van der Waals surface area contributed by atoms with E-state index in [-0.39, 0.29) is 17.9 Å². The minimum absolute atomic E-state index is 0.00319. The SMILES string of the molecule is CC(=O)N1CCCC[C@@H]1c1ncc2c(n1)CCN(C(=O)C1CCCCC1)C2. The molecule has 1 atom stereocenters. The minimum Gasteiger partial charge on any atom is -0.338 e. The lowest BCUT2D eigenvalue weighted by Gasteiger charge is -2.35. The number of piperidine rings is 1. The van der Waals surface area contributed by atoms with Crippen molar-refractivity contribution < 1.29 is 9.59 Å². The van der Waals surface area contributed by atoms with E-state index in [1.807, 2.05) is 16.0 Å². The first-order chi connectivity index (χ1) is 13.1. The first-order valence-electron chi connectivity index (χ1n) is 10.5. The molecule has 1 aromatic heterocycles. The second-order valence-corrected chi connectivity index (χ2v) is 8.27. The summed E-state index contributed by atoms with van der Waals surface area (Å²) in [6.45, 7) is 3.81. The first-order valence-corrected chi connectivity index (χ1v) is 10.5. The predicted octanol–water partition coefficient (Wildman–Crippen LogP) is 3.02. The monoisotopic (exact) mass is 370 g/mol. The zero-order valence-corrected chi connectivity index (χ0v) is 16.3. The molecule has 4 rings (SSSR count). The third-order valence-electron chi connectivity index (χ3n) is 6.42. The number of amides is 2. The molecule has 2 aliphatic heterocycles. The average molecular weight is 370 g/mol. The lowest BCUT2D eigenvalue weighted by Crippen LogP contribution is -2.41. The maximum atomic E-state index is 12.8. The molecule has 0 radical (unpaired) electrons. The summed E-state index contributed by atoms with van der Waals surface area (Å²) >= 11 is 0. The molecular formula is C21H30N4O2. The Morgan fingerprint density at radius 2 is 1.81 bits per heavy atom. The number of hydrogen-bond acceptors (Lipinski definition) is 4. The Morgan fingerprint density at radius 1 is 1.04 bits per heavy atom. The zero-order valence-electron chi connectivity index (χ0n) is 16.3. The summed E-state index contributed by atoms with van der Waals surface area (Å²) in [5.41, 5.74) is 2.13. The molecule has 1 saturated carbocycles. The van der Waals surface area contributed by atoms with Gasteiger partial charge < -0.3 is 9.80 Å². The first kappa shape index (κ1) is 18.4. The quantitative estimate of drug-likeness (QED) is 0.803. The molecular weight excluding hydrogens is 340 g/mol. The van der Waals surface area contributed by atoms with Crippen LogP contribution in [0.15, 0.2) is 6.20 Å². The van der Waals surface area contributed by atoms with Crippen molar-refractivity contribution in [1.29, 1.82) is 0 Å². The molecule has 0 unspecified atom stereocenters. The highest BCUT2D eigenvalue weighted by molar-refractivity contribution is 5.79. The fraction of sp³-hybridized carbons (Fsp3) is 0.714. The van der Waals surface area contributed by atoms with Crippen molar-refractivity contribution in [2.45, 2.75) is 77.3 Å². The van der Waals surface area contributed by atoms with E-state index in [4.69, 9.17) is 4.98 Å². The molecule has 146 valence electrons. The standard InChI is InChI=1S/C21H30N4O2/c1-15(26)25-11-6-5-9-19(25)20-22-13-17-14-24(12-10-18(17)23-20)21(27)16-7-3-2-4-8-16/h13,16,19H,2-12,14H2,1H3/t19-/m1/s1. The van der Waals surface area contributed by atoms with Gasteiger partial charge in [-0.15, -0.1) is 0 Å². The van der Waals surface area contributed by atoms with Crippen LogP contribution >= 0.6 is 0 Å². The van der Waals surface area contributed by atoms with E-state index in [0.29, 0.717) is 12.5 Å². The lowest BCUT2D eigenvalue weighted by molar-refractivity contribution is -0.137. The van der Waals surface area contributed by atoms with Gasteiger partial charge in [0, 0.05) is 50.7 Å². The van der Waals surface area contributed by atoms with E-state index in [1.165, 1.54) is 19.3 Å². The molecule has 2 amide bonds. The summed E-state index contributed by atoms with van der Waals surface area (Å²) in [5.74, 6) is 1.41. The molecule has 3 aliphatic rings. The summed E-state index contributed by atoms with van der Waals surface area (Å²) in [5, 5.41) is 0. The summed E-state index contributed by atoms with van der Waals surface area (Å²) in [6, 6.07) is 0.00319. The van der Waals surface area contributed by atoms with Crippen molar-refractivity contribution >= 4 is 11.8 Å². The lowest BCUT2D eigenvalue weighted by atomic mass is 9.88. The van der Waals surface area contributed by atoms with E-state index >= 15 is 0 Å². The van der Waals surface area contributed by atoms with Crippen LogP contribution in [0.5, 0.6) is 0 Å². The van der Waals surface area contributed by atoms with Crippen LogP contribution in [0.4, 0.5) is 0 Å². The van der Waals surface area contributed by atoms with Gasteiger partial charge in [-0.2, -0.15) is 0 Å². The summed E-state index contributed by atoms with van der Waals surface area (Å²) in [6.07, 6.45) is 11.5. The Morgan fingerprint density at radius 3 is 2.59 bits per heavy atom. The van der Waals surface area contributed by atoms with Gasteiger partial charge in [0.1, 0.15) is 0 Å². The minimum atomic E-state index is 0.00319. The van der Waals surface area contributed by atoms with Crippen molar-refractivity contribution in [2.24, 2.45) is 5.92 Å². The van der Waals surface area contributed by atoms with Crippen LogP contribution in [0.2, 0.25) is 0 Å². The Kier molecular flexibility index (Phi) is 5.41. The summed E-state index contributed by atoms with van der Waals surface area (Å²) in [4.78, 5) is 38.2. The fourth-order valence-corrected chi connectivity index (χ4v) is 4.86. The van der Waals surface area contributed by atoms with Crippen molar-refractivity contribution in [3.63, 3.8) is 0 Å². The molecule has 2 fully saturated rings. The van der Waals surface area contributed by atoms with Gasteiger partial charge in [-0.05, 0) is 32.1 Å². The molecule has 0 bridgehead atoms. The van der Waals surface area contributed by atoms with Gasteiger partial charge in [0.25, 0.3) is 0 Å². The molecule has 6 nitrogen and oxygen atoms in total. The van der Waals surface area contributed by atoms with Crippen LogP contribution in [0.25, 0.3) is 0 Å². The van der Waals surface area contributed by atoms with Gasteiger partial charge in [0.15, 0.2) is 5.82 Å². The van der Waals surface area contributed by atoms with Gasteiger partial charge in [0.2, 0.25) is 11.8 Å². The number of likely N-dealkylation sites (tertiary alicyclic amines) is 1. The van der Waals surface area contributed by atoms with Crippen molar-refractivity contribution in [1.82, 2.24) is 19.8 Å². The second kappa shape index (κ2) is 7.95. The Labute approximate surface area is 161 Å². The van der Waals surface area contributed by atoms with E-state index in [9.17, 15) is 9.59 Å². The van der Waals surface area contributed by atoms with Gasteiger partial charge >= 0.3 is 0 Å². The maximum absolute atomic E-state index is 12.8. The van der Waals surface area contributed by atoms with Crippen LogP contribution in [0.1, 0.15) is 81.4 Å². The van der Waals surface area contributed by atoms with Gasteiger partial charge in [0.05, 0.1) is 11.7 Å². The molecule has 0 aromatic carbocycles. The van der Waals surface area contributed by atoms with Gasteiger partial charge in [-0.25, -0.2) is 9.97 Å². The largest absolute Gasteiger partial charge is 0.338 e. The molecule has 1 saturated heterocycles. The van der Waals surface area contributed by atoms with E-state index in [0.717, 1.165) is 68.7 Å². The van der Waals surface area contributed by atoms with Crippen LogP contribution in [-0.2, 0) is 22.6 Å². The number of rotatable bonds is 2. The zero-order chi connectivity index (χ0) is 18.8. The number of nitrogens with zero attached hydrogens (tertiary/aromatic N) is 4. The Hall–Kier alpha value is -1.98. The molecule has 6 heteroatoms. The Balaban J connectivity index is 1.48. The molecule has 3 heterocycles. The van der Waals surface area contributed by atoms with Gasteiger partial charge in [-0.1, -0.05) is 19.3 Å². The maximum Gasteiger partial charge on any atom is 0.225 e. The van der Waals surface area contributed by atoms with Crippen LogP contribution in [0.3, 0.4) is 0 Å². The summed E-state index contributed by atoms with van der Waals surface area (Å²) < 4.78 is 0. The van der Waals surface area contributed by atoms with Gasteiger partial charge in [-0.3, -0.25) is 9.59 Å². The molecule has 1 aliphatic carbocycles. The van der Waals surface area contributed by atoms with E-state index in [2.05, 4.69) is 4.98 Å². The molecule has 0 N–H and O–H groups in total. The average Bonchev–Trinajstić information content (AvgIpc) is 2.73. The number of hydrogen-bond donors (Lipinski definition) is 0. The normalized spacial score (nSPS) is 23.8. The van der Waals surface area contributed by atoms with E-state index < -0.39 is 0 Å². The molecule has 1 aromatic rings. The summed E-state index contributed by atoms with van der Waals surface area (Å²) in [7, 11) is 0. The topological polar surface area (TPSA) is 66.4 Å². The third-order valence-corrected chi connectivity index (χ3v) is 6.42. The highest BCUT2D eigenvalue weighted by Gasteiger charge is 2.31. The smallest absolute Gasteiger partial charge is 0.225 e. The fourth-order valence-electron chi connectivity index (χ4n) is 4.86. The predicted molar refractivity (Wildman–Crippen MR) is 102 cm³/mol. The van der Waals surface area contributed by atoms with Crippen LogP contribution in [0, 0.1) is 5.92 Å². The number of carbonyl (C=O) groups is 2. The van der Waals surface area contributed by atoms with Crippen LogP contribution < -0.4 is 0 Å². The van der Waals surface area contributed by atoms with E-state index in [1.54, 1.807) is 6.92 Å². The molecule has 27 heavy (non-hydrogen) atoms. The van der Waals surface area contributed by atoms with Crippen molar-refractivity contribution in [3.8, 4) is 0 Å². The van der Waals surface area contributed by atoms with Crippen molar-refractivity contribution in [3.05, 3.63) is 23.3 Å². The molecule has 0 spiro atoms. The van der Waals surface area contributed by atoms with Crippen LogP contribution in [-0.4, -0.2) is 44.7 Å². The third kappa shape index (κ3) is 3.85.